The lowest BCUT2D eigenvalue weighted by Gasteiger charge is -2.08. The minimum absolute atomic E-state index is 0.0138. The van der Waals surface area contributed by atoms with E-state index in [0.717, 1.165) is 5.69 Å². The van der Waals surface area contributed by atoms with Gasteiger partial charge in [-0.2, -0.15) is 0 Å². The normalized spacial score (nSPS) is 10.6. The Kier molecular flexibility index (Phi) is 4.98. The number of pyridine rings is 1. The van der Waals surface area contributed by atoms with Crippen LogP contribution in [0.5, 0.6) is 5.75 Å². The molecule has 0 saturated heterocycles. The first kappa shape index (κ1) is 16.6. The third-order valence-electron chi connectivity index (χ3n) is 3.64. The van der Waals surface area contributed by atoms with E-state index in [1.165, 1.54) is 9.08 Å². The molecule has 0 atom stereocenters. The highest BCUT2D eigenvalue weighted by Crippen LogP contribution is 2.15. The molecule has 3 aromatic rings. The van der Waals surface area contributed by atoms with Gasteiger partial charge in [-0.15, -0.1) is 5.10 Å². The van der Waals surface area contributed by atoms with Crippen molar-refractivity contribution in [3.8, 4) is 5.75 Å². The number of hydrogen-bond acceptors (Lipinski definition) is 5. The molecule has 0 bridgehead atoms. The molecule has 0 radical (unpaired) electrons. The highest BCUT2D eigenvalue weighted by molar-refractivity contribution is 5.77. The van der Waals surface area contributed by atoms with Gasteiger partial charge in [-0.05, 0) is 36.4 Å². The van der Waals surface area contributed by atoms with Gasteiger partial charge >= 0.3 is 5.69 Å². The van der Waals surface area contributed by atoms with Crippen molar-refractivity contribution in [2.24, 2.45) is 0 Å². The van der Waals surface area contributed by atoms with Crippen molar-refractivity contribution in [2.75, 3.05) is 25.5 Å². The summed E-state index contributed by atoms with van der Waals surface area (Å²) in [5, 5.41) is 9.99. The third-order valence-corrected chi connectivity index (χ3v) is 3.64. The Hall–Kier alpha value is -3.29. The zero-order valence-corrected chi connectivity index (χ0v) is 13.8. The maximum absolute atomic E-state index is 12.2. The minimum atomic E-state index is -0.180. The van der Waals surface area contributed by atoms with Gasteiger partial charge in [-0.3, -0.25) is 9.20 Å². The van der Waals surface area contributed by atoms with Gasteiger partial charge in [0, 0.05) is 25.5 Å². The van der Waals surface area contributed by atoms with Crippen molar-refractivity contribution in [2.45, 2.75) is 6.54 Å². The molecule has 25 heavy (non-hydrogen) atoms. The molecule has 2 heterocycles. The molecule has 0 spiro atoms. The van der Waals surface area contributed by atoms with E-state index in [9.17, 15) is 9.59 Å². The second-order valence-corrected chi connectivity index (χ2v) is 5.35. The van der Waals surface area contributed by atoms with Gasteiger partial charge in [-0.25, -0.2) is 9.48 Å². The Balaban J connectivity index is 1.54. The SMILES string of the molecule is CNC(=O)COc1ccc(NCCn2nc3ccccn3c2=O)cc1. The Bertz CT molecular complexity index is 914. The van der Waals surface area contributed by atoms with Crippen LogP contribution >= 0.6 is 0 Å². The monoisotopic (exact) mass is 341 g/mol. The molecule has 130 valence electrons. The number of ether oxygens (including phenoxy) is 1. The van der Waals surface area contributed by atoms with Crippen LogP contribution in [0.25, 0.3) is 5.65 Å². The first-order valence-electron chi connectivity index (χ1n) is 7.89. The van der Waals surface area contributed by atoms with E-state index >= 15 is 0 Å². The van der Waals surface area contributed by atoms with E-state index in [2.05, 4.69) is 15.7 Å². The Morgan fingerprint density at radius 2 is 2.00 bits per heavy atom. The lowest BCUT2D eigenvalue weighted by molar-refractivity contribution is -0.122. The standard InChI is InChI=1S/C17H19N5O3/c1-18-16(23)12-25-14-7-5-13(6-8-14)19-9-11-22-17(24)21-10-3-2-4-15(21)20-22/h2-8,10,19H,9,11-12H2,1H3,(H,18,23). The molecule has 8 nitrogen and oxygen atoms in total. The molecule has 8 heteroatoms. The maximum Gasteiger partial charge on any atom is 0.350 e. The van der Waals surface area contributed by atoms with Crippen LogP contribution in [0.3, 0.4) is 0 Å². The lowest BCUT2D eigenvalue weighted by atomic mass is 10.3. The number of nitrogens with one attached hydrogen (secondary N) is 2. The molecule has 2 aromatic heterocycles. The fraction of sp³-hybridized carbons (Fsp3) is 0.235. The summed E-state index contributed by atoms with van der Waals surface area (Å²) in [6.07, 6.45) is 1.70. The molecule has 1 amide bonds. The van der Waals surface area contributed by atoms with Crippen LogP contribution in [0, 0.1) is 0 Å². The number of benzene rings is 1. The minimum Gasteiger partial charge on any atom is -0.484 e. The molecule has 0 fully saturated rings. The van der Waals surface area contributed by atoms with Crippen molar-refractivity contribution < 1.29 is 9.53 Å². The van der Waals surface area contributed by atoms with E-state index in [1.807, 2.05) is 18.2 Å². The number of aromatic nitrogens is 3. The largest absolute Gasteiger partial charge is 0.484 e. The fourth-order valence-electron chi connectivity index (χ4n) is 2.31. The van der Waals surface area contributed by atoms with E-state index in [4.69, 9.17) is 4.74 Å². The highest BCUT2D eigenvalue weighted by Gasteiger charge is 2.05. The number of fused-ring (bicyclic) bond motifs is 1. The summed E-state index contributed by atoms with van der Waals surface area (Å²) in [7, 11) is 1.56. The molecular weight excluding hydrogens is 322 g/mol. The number of hydrogen-bond donors (Lipinski definition) is 2. The number of carbonyl (C=O) groups excluding carboxylic acids is 1. The van der Waals surface area contributed by atoms with E-state index in [1.54, 1.807) is 37.5 Å². The fourth-order valence-corrected chi connectivity index (χ4v) is 2.31. The second-order valence-electron chi connectivity index (χ2n) is 5.35. The molecule has 1 aromatic carbocycles. The van der Waals surface area contributed by atoms with Crippen LogP contribution in [0.1, 0.15) is 0 Å². The molecule has 3 rings (SSSR count). The van der Waals surface area contributed by atoms with E-state index in [0.29, 0.717) is 24.5 Å². The summed E-state index contributed by atoms with van der Waals surface area (Å²) in [5.41, 5.74) is 1.37. The van der Waals surface area contributed by atoms with Crippen LogP contribution in [0.4, 0.5) is 5.69 Å². The molecule has 0 saturated carbocycles. The van der Waals surface area contributed by atoms with Crippen molar-refractivity contribution in [1.29, 1.82) is 0 Å². The quantitative estimate of drug-likeness (QED) is 0.661. The average Bonchev–Trinajstić information content (AvgIpc) is 2.97. The average molecular weight is 341 g/mol. The predicted octanol–water partition coefficient (Wildman–Crippen LogP) is 0.733. The zero-order chi connectivity index (χ0) is 17.6. The van der Waals surface area contributed by atoms with Gasteiger partial charge in [0.1, 0.15) is 5.75 Å². The Morgan fingerprint density at radius 1 is 1.20 bits per heavy atom. The predicted molar refractivity (Wildman–Crippen MR) is 93.9 cm³/mol. The Labute approximate surface area is 144 Å². The number of carbonyl (C=O) groups is 1. The molecule has 2 N–H and O–H groups in total. The topological polar surface area (TPSA) is 89.7 Å². The molecule has 0 aliphatic heterocycles. The number of amides is 1. The van der Waals surface area contributed by atoms with Crippen molar-refractivity contribution >= 4 is 17.2 Å². The second kappa shape index (κ2) is 7.52. The molecule has 0 aliphatic rings. The molecule has 0 aliphatic carbocycles. The smallest absolute Gasteiger partial charge is 0.350 e. The summed E-state index contributed by atoms with van der Waals surface area (Å²) in [6, 6.07) is 12.7. The van der Waals surface area contributed by atoms with Gasteiger partial charge in [0.2, 0.25) is 0 Å². The summed E-state index contributed by atoms with van der Waals surface area (Å²) < 4.78 is 8.29. The Morgan fingerprint density at radius 3 is 2.72 bits per heavy atom. The molecular formula is C17H19N5O3. The highest BCUT2D eigenvalue weighted by atomic mass is 16.5. The van der Waals surface area contributed by atoms with Crippen LogP contribution in [0.15, 0.2) is 53.5 Å². The van der Waals surface area contributed by atoms with E-state index in [-0.39, 0.29) is 18.2 Å². The van der Waals surface area contributed by atoms with Crippen LogP contribution in [-0.2, 0) is 11.3 Å². The summed E-state index contributed by atoms with van der Waals surface area (Å²) in [5.74, 6) is 0.436. The van der Waals surface area contributed by atoms with Gasteiger partial charge in [-0.1, -0.05) is 6.07 Å². The third kappa shape index (κ3) is 3.97. The number of likely N-dealkylation sites (N-methyl/N-ethyl adjacent to an activating group) is 1. The maximum atomic E-state index is 12.2. The lowest BCUT2D eigenvalue weighted by Crippen LogP contribution is -2.25. The van der Waals surface area contributed by atoms with Crippen molar-refractivity contribution in [1.82, 2.24) is 19.5 Å². The zero-order valence-electron chi connectivity index (χ0n) is 13.8. The van der Waals surface area contributed by atoms with Crippen LogP contribution in [-0.4, -0.2) is 40.3 Å². The number of nitrogens with zero attached hydrogens (tertiary/aromatic N) is 3. The number of rotatable bonds is 7. The van der Waals surface area contributed by atoms with Gasteiger partial charge < -0.3 is 15.4 Å². The summed E-state index contributed by atoms with van der Waals surface area (Å²) in [4.78, 5) is 23.3. The summed E-state index contributed by atoms with van der Waals surface area (Å²) in [6.45, 7) is 0.998. The van der Waals surface area contributed by atoms with Gasteiger partial charge in [0.25, 0.3) is 5.91 Å². The van der Waals surface area contributed by atoms with Crippen LogP contribution in [0.2, 0.25) is 0 Å². The number of anilines is 1. The first-order valence-corrected chi connectivity index (χ1v) is 7.89. The molecule has 0 unspecified atom stereocenters. The van der Waals surface area contributed by atoms with Crippen molar-refractivity contribution in [3.63, 3.8) is 0 Å². The first-order chi connectivity index (χ1) is 12.2. The van der Waals surface area contributed by atoms with Gasteiger partial charge in [0.15, 0.2) is 12.3 Å². The van der Waals surface area contributed by atoms with Crippen LogP contribution < -0.4 is 21.1 Å². The van der Waals surface area contributed by atoms with Crippen molar-refractivity contribution in [3.05, 3.63) is 59.1 Å². The van der Waals surface area contributed by atoms with Gasteiger partial charge in [0.05, 0.1) is 6.54 Å². The summed E-state index contributed by atoms with van der Waals surface area (Å²) >= 11 is 0. The van der Waals surface area contributed by atoms with E-state index < -0.39 is 0 Å².